The van der Waals surface area contributed by atoms with Gasteiger partial charge in [0.05, 0.1) is 5.56 Å². The van der Waals surface area contributed by atoms with E-state index < -0.39 is 23.1 Å². The highest BCUT2D eigenvalue weighted by Gasteiger charge is 2.22. The van der Waals surface area contributed by atoms with Gasteiger partial charge in [0.1, 0.15) is 0 Å². The number of carbonyl (C=O) groups is 1. The molecule has 19 heavy (non-hydrogen) atoms. The summed E-state index contributed by atoms with van der Waals surface area (Å²) in [6.07, 6.45) is 1.42. The fraction of sp³-hybridized carbons (Fsp3) is 0.462. The number of nitrogens with two attached hydrogens (primary N) is 1. The predicted molar refractivity (Wildman–Crippen MR) is 73.9 cm³/mol. The summed E-state index contributed by atoms with van der Waals surface area (Å²) in [6, 6.07) is 1.80. The van der Waals surface area contributed by atoms with Gasteiger partial charge in [-0.05, 0) is 40.9 Å². The summed E-state index contributed by atoms with van der Waals surface area (Å²) in [5, 5.41) is 2.65. The van der Waals surface area contributed by atoms with Crippen molar-refractivity contribution >= 4 is 21.8 Å². The van der Waals surface area contributed by atoms with Gasteiger partial charge in [-0.1, -0.05) is 13.8 Å². The van der Waals surface area contributed by atoms with Crippen LogP contribution in [0.2, 0.25) is 0 Å². The van der Waals surface area contributed by atoms with Crippen LogP contribution in [0.5, 0.6) is 0 Å². The zero-order chi connectivity index (χ0) is 14.6. The van der Waals surface area contributed by atoms with Crippen molar-refractivity contribution in [3.05, 3.63) is 33.8 Å². The number of nitrogens with one attached hydrogen (secondary N) is 1. The molecule has 1 rings (SSSR count). The minimum absolute atomic E-state index is 0.0495. The Morgan fingerprint density at radius 2 is 1.84 bits per heavy atom. The Balaban J connectivity index is 2.82. The standard InChI is InChI=1S/C13H17BrF2N2O/c1-3-13(17,4-2)7-18-12(19)8-5-10(15)11(16)6-9(8)14/h5-6H,3-4,7,17H2,1-2H3,(H,18,19). The summed E-state index contributed by atoms with van der Waals surface area (Å²) in [7, 11) is 0. The first-order valence-corrected chi connectivity index (χ1v) is 6.84. The molecule has 0 saturated heterocycles. The highest BCUT2D eigenvalue weighted by molar-refractivity contribution is 9.10. The average molecular weight is 335 g/mol. The SMILES string of the molecule is CCC(N)(CC)CNC(=O)c1cc(F)c(F)cc1Br. The van der Waals surface area contributed by atoms with E-state index in [-0.39, 0.29) is 16.6 Å². The topological polar surface area (TPSA) is 55.1 Å². The van der Waals surface area contributed by atoms with E-state index in [2.05, 4.69) is 21.2 Å². The molecule has 0 aliphatic carbocycles. The normalized spacial score (nSPS) is 11.5. The third-order valence-corrected chi connectivity index (χ3v) is 3.92. The lowest BCUT2D eigenvalue weighted by Crippen LogP contribution is -2.49. The summed E-state index contributed by atoms with van der Waals surface area (Å²) >= 11 is 3.04. The minimum Gasteiger partial charge on any atom is -0.350 e. The first-order valence-electron chi connectivity index (χ1n) is 6.04. The largest absolute Gasteiger partial charge is 0.350 e. The van der Waals surface area contributed by atoms with Gasteiger partial charge in [-0.25, -0.2) is 8.78 Å². The van der Waals surface area contributed by atoms with Crippen molar-refractivity contribution in [2.75, 3.05) is 6.54 Å². The highest BCUT2D eigenvalue weighted by atomic mass is 79.9. The maximum atomic E-state index is 13.1. The first-order chi connectivity index (χ1) is 8.83. The Hall–Kier alpha value is -1.01. The van der Waals surface area contributed by atoms with Gasteiger partial charge in [0, 0.05) is 16.6 Å². The molecule has 0 aromatic heterocycles. The number of benzene rings is 1. The highest BCUT2D eigenvalue weighted by Crippen LogP contribution is 2.21. The molecule has 0 aliphatic rings. The van der Waals surface area contributed by atoms with Crippen molar-refractivity contribution in [2.24, 2.45) is 5.73 Å². The Morgan fingerprint density at radius 1 is 1.32 bits per heavy atom. The van der Waals surface area contributed by atoms with Crippen LogP contribution in [0.3, 0.4) is 0 Å². The fourth-order valence-electron chi connectivity index (χ4n) is 1.55. The molecule has 0 unspecified atom stereocenters. The number of amides is 1. The third-order valence-electron chi connectivity index (χ3n) is 3.26. The smallest absolute Gasteiger partial charge is 0.252 e. The lowest BCUT2D eigenvalue weighted by Gasteiger charge is -2.26. The summed E-state index contributed by atoms with van der Waals surface area (Å²) in [4.78, 5) is 11.9. The summed E-state index contributed by atoms with van der Waals surface area (Å²) in [5.74, 6) is -2.54. The van der Waals surface area contributed by atoms with Crippen LogP contribution in [0, 0.1) is 11.6 Å². The lowest BCUT2D eigenvalue weighted by atomic mass is 9.94. The number of rotatable bonds is 5. The molecule has 0 fully saturated rings. The van der Waals surface area contributed by atoms with E-state index >= 15 is 0 Å². The maximum Gasteiger partial charge on any atom is 0.252 e. The molecule has 3 N–H and O–H groups in total. The van der Waals surface area contributed by atoms with E-state index in [1.807, 2.05) is 13.8 Å². The van der Waals surface area contributed by atoms with Crippen molar-refractivity contribution in [2.45, 2.75) is 32.2 Å². The maximum absolute atomic E-state index is 13.1. The zero-order valence-corrected chi connectivity index (χ0v) is 12.5. The monoisotopic (exact) mass is 334 g/mol. The number of hydrogen-bond acceptors (Lipinski definition) is 2. The lowest BCUT2D eigenvalue weighted by molar-refractivity contribution is 0.0941. The van der Waals surface area contributed by atoms with E-state index in [0.29, 0.717) is 12.8 Å². The molecule has 106 valence electrons. The van der Waals surface area contributed by atoms with Crippen LogP contribution in [0.1, 0.15) is 37.0 Å². The molecule has 0 spiro atoms. The Kier molecular flexibility index (Phi) is 5.43. The molecule has 1 aromatic rings. The van der Waals surface area contributed by atoms with Gasteiger partial charge in [0.2, 0.25) is 0 Å². The van der Waals surface area contributed by atoms with Crippen LogP contribution in [0.15, 0.2) is 16.6 Å². The van der Waals surface area contributed by atoms with E-state index in [0.717, 1.165) is 12.1 Å². The number of carbonyl (C=O) groups excluding carboxylic acids is 1. The van der Waals surface area contributed by atoms with Crippen LogP contribution in [-0.2, 0) is 0 Å². The third kappa shape index (κ3) is 3.98. The Labute approximate surface area is 119 Å². The van der Waals surface area contributed by atoms with E-state index in [4.69, 9.17) is 5.73 Å². The van der Waals surface area contributed by atoms with Gasteiger partial charge in [-0.15, -0.1) is 0 Å². The summed E-state index contributed by atoms with van der Waals surface area (Å²) in [5.41, 5.74) is 5.62. The summed E-state index contributed by atoms with van der Waals surface area (Å²) in [6.45, 7) is 4.15. The van der Waals surface area contributed by atoms with Crippen molar-refractivity contribution in [1.29, 1.82) is 0 Å². The van der Waals surface area contributed by atoms with Gasteiger partial charge < -0.3 is 11.1 Å². The second-order valence-corrected chi connectivity index (χ2v) is 5.35. The molecular formula is C13H17BrF2N2O. The molecule has 0 aliphatic heterocycles. The van der Waals surface area contributed by atoms with E-state index in [9.17, 15) is 13.6 Å². The molecule has 6 heteroatoms. The van der Waals surface area contributed by atoms with Crippen molar-refractivity contribution < 1.29 is 13.6 Å². The number of hydrogen-bond donors (Lipinski definition) is 2. The molecule has 1 aromatic carbocycles. The van der Waals surface area contributed by atoms with Crippen LogP contribution in [-0.4, -0.2) is 18.0 Å². The fourth-order valence-corrected chi connectivity index (χ4v) is 2.04. The molecule has 0 saturated carbocycles. The quantitative estimate of drug-likeness (QED) is 0.813. The van der Waals surface area contributed by atoms with Gasteiger partial charge in [0.25, 0.3) is 5.91 Å². The molecule has 0 radical (unpaired) electrons. The molecule has 3 nitrogen and oxygen atoms in total. The van der Waals surface area contributed by atoms with E-state index in [1.165, 1.54) is 0 Å². The molecule has 0 atom stereocenters. The molecular weight excluding hydrogens is 318 g/mol. The van der Waals surface area contributed by atoms with Gasteiger partial charge in [-0.3, -0.25) is 4.79 Å². The van der Waals surface area contributed by atoms with Crippen LogP contribution >= 0.6 is 15.9 Å². The van der Waals surface area contributed by atoms with Crippen LogP contribution in [0.4, 0.5) is 8.78 Å². The first kappa shape index (κ1) is 16.0. The second kappa shape index (κ2) is 6.43. The Bertz CT molecular complexity index is 476. The van der Waals surface area contributed by atoms with Gasteiger partial charge in [-0.2, -0.15) is 0 Å². The zero-order valence-electron chi connectivity index (χ0n) is 10.9. The van der Waals surface area contributed by atoms with Crippen molar-refractivity contribution in [3.8, 4) is 0 Å². The molecule has 0 bridgehead atoms. The van der Waals surface area contributed by atoms with Gasteiger partial charge >= 0.3 is 0 Å². The molecule has 1 amide bonds. The van der Waals surface area contributed by atoms with Gasteiger partial charge in [0.15, 0.2) is 11.6 Å². The average Bonchev–Trinajstić information content (AvgIpc) is 2.39. The predicted octanol–water partition coefficient (Wildman–Crippen LogP) is 2.97. The summed E-state index contributed by atoms with van der Waals surface area (Å²) < 4.78 is 26.3. The van der Waals surface area contributed by atoms with Crippen molar-refractivity contribution in [3.63, 3.8) is 0 Å². The Morgan fingerprint density at radius 3 is 2.37 bits per heavy atom. The van der Waals surface area contributed by atoms with E-state index in [1.54, 1.807) is 0 Å². The van der Waals surface area contributed by atoms with Crippen LogP contribution in [0.25, 0.3) is 0 Å². The number of halogens is 3. The van der Waals surface area contributed by atoms with Crippen molar-refractivity contribution in [1.82, 2.24) is 5.32 Å². The molecule has 0 heterocycles. The van der Waals surface area contributed by atoms with Crippen LogP contribution < -0.4 is 11.1 Å². The minimum atomic E-state index is -1.06. The second-order valence-electron chi connectivity index (χ2n) is 4.50.